The number of anilines is 1. The Morgan fingerprint density at radius 1 is 1.11 bits per heavy atom. The van der Waals surface area contributed by atoms with Crippen LogP contribution in [0.3, 0.4) is 0 Å². The fraction of sp³-hybridized carbons (Fsp3) is 0.0952. The van der Waals surface area contributed by atoms with Gasteiger partial charge in [-0.1, -0.05) is 36.0 Å². The lowest BCUT2D eigenvalue weighted by molar-refractivity contribution is -0.113. The van der Waals surface area contributed by atoms with Crippen LogP contribution in [0, 0.1) is 0 Å². The summed E-state index contributed by atoms with van der Waals surface area (Å²) < 4.78 is 2.07. The highest BCUT2D eigenvalue weighted by atomic mass is 32.2. The molecule has 4 aromatic rings. The minimum absolute atomic E-state index is 0.0754. The SMILES string of the molecule is C=CCn1c(SCC(=O)Nc2cccc3ncccc23)nc2ccccc21. The third-order valence-corrected chi connectivity index (χ3v) is 5.16. The number of thioether (sulfide) groups is 1. The first-order valence-electron chi connectivity index (χ1n) is 8.59. The van der Waals surface area contributed by atoms with Crippen LogP contribution in [0.25, 0.3) is 21.9 Å². The number of benzene rings is 2. The van der Waals surface area contributed by atoms with Crippen LogP contribution in [0.4, 0.5) is 5.69 Å². The van der Waals surface area contributed by atoms with E-state index in [1.807, 2.05) is 60.7 Å². The average Bonchev–Trinajstić information content (AvgIpc) is 3.05. The van der Waals surface area contributed by atoms with Gasteiger partial charge in [0.2, 0.25) is 5.91 Å². The molecule has 0 fully saturated rings. The van der Waals surface area contributed by atoms with Gasteiger partial charge in [-0.2, -0.15) is 0 Å². The third kappa shape index (κ3) is 3.57. The smallest absolute Gasteiger partial charge is 0.234 e. The summed E-state index contributed by atoms with van der Waals surface area (Å²) in [6.07, 6.45) is 3.58. The summed E-state index contributed by atoms with van der Waals surface area (Å²) >= 11 is 1.42. The Morgan fingerprint density at radius 2 is 1.96 bits per heavy atom. The fourth-order valence-electron chi connectivity index (χ4n) is 3.00. The molecule has 2 aromatic carbocycles. The van der Waals surface area contributed by atoms with Gasteiger partial charge in [-0.3, -0.25) is 9.78 Å². The van der Waals surface area contributed by atoms with Gasteiger partial charge in [-0.05, 0) is 36.4 Å². The van der Waals surface area contributed by atoms with Crippen LogP contribution >= 0.6 is 11.8 Å². The highest BCUT2D eigenvalue weighted by Gasteiger charge is 2.13. The molecule has 134 valence electrons. The molecule has 6 heteroatoms. The molecule has 5 nitrogen and oxygen atoms in total. The summed E-state index contributed by atoms with van der Waals surface area (Å²) in [5.41, 5.74) is 3.59. The summed E-state index contributed by atoms with van der Waals surface area (Å²) in [5, 5.41) is 4.72. The van der Waals surface area contributed by atoms with Gasteiger partial charge in [-0.15, -0.1) is 6.58 Å². The number of carbonyl (C=O) groups is 1. The number of carbonyl (C=O) groups excluding carboxylic acids is 1. The molecule has 1 amide bonds. The minimum atomic E-state index is -0.0754. The van der Waals surface area contributed by atoms with Gasteiger partial charge >= 0.3 is 0 Å². The number of para-hydroxylation sites is 2. The number of hydrogen-bond acceptors (Lipinski definition) is 4. The molecule has 0 aliphatic carbocycles. The van der Waals surface area contributed by atoms with Crippen LogP contribution in [0.2, 0.25) is 0 Å². The number of hydrogen-bond donors (Lipinski definition) is 1. The van der Waals surface area contributed by atoms with Gasteiger partial charge in [0.1, 0.15) is 0 Å². The van der Waals surface area contributed by atoms with Crippen molar-refractivity contribution in [2.45, 2.75) is 11.7 Å². The standard InChI is InChI=1S/C21H18N4OS/c1-2-13-25-19-11-4-3-8-18(19)24-21(25)27-14-20(26)23-17-10-5-9-16-15(17)7-6-12-22-16/h2-12H,1,13-14H2,(H,23,26). The van der Waals surface area contributed by atoms with E-state index in [9.17, 15) is 4.79 Å². The van der Waals surface area contributed by atoms with Crippen molar-refractivity contribution in [3.8, 4) is 0 Å². The van der Waals surface area contributed by atoms with Crippen molar-refractivity contribution in [3.05, 3.63) is 73.4 Å². The highest BCUT2D eigenvalue weighted by Crippen LogP contribution is 2.25. The van der Waals surface area contributed by atoms with Crippen molar-refractivity contribution >= 4 is 45.3 Å². The second-order valence-electron chi connectivity index (χ2n) is 5.99. The van der Waals surface area contributed by atoms with Crippen molar-refractivity contribution in [1.29, 1.82) is 0 Å². The van der Waals surface area contributed by atoms with Crippen molar-refractivity contribution in [2.24, 2.45) is 0 Å². The van der Waals surface area contributed by atoms with Crippen LogP contribution in [0.1, 0.15) is 0 Å². The van der Waals surface area contributed by atoms with Gasteiger partial charge < -0.3 is 9.88 Å². The molecule has 4 rings (SSSR count). The number of nitrogens with one attached hydrogen (secondary N) is 1. The number of rotatable bonds is 6. The van der Waals surface area contributed by atoms with E-state index in [-0.39, 0.29) is 11.7 Å². The van der Waals surface area contributed by atoms with Crippen LogP contribution in [0.5, 0.6) is 0 Å². The van der Waals surface area contributed by atoms with Crippen molar-refractivity contribution in [1.82, 2.24) is 14.5 Å². The molecule has 0 aliphatic rings. The number of fused-ring (bicyclic) bond motifs is 2. The van der Waals surface area contributed by atoms with Crippen LogP contribution in [0.15, 0.2) is 78.6 Å². The number of pyridine rings is 1. The maximum absolute atomic E-state index is 12.5. The van der Waals surface area contributed by atoms with E-state index in [0.717, 1.165) is 32.8 Å². The van der Waals surface area contributed by atoms with Gasteiger partial charge in [0, 0.05) is 18.1 Å². The molecule has 0 spiro atoms. The molecule has 0 radical (unpaired) electrons. The molecule has 2 aromatic heterocycles. The first-order valence-corrected chi connectivity index (χ1v) is 9.57. The first kappa shape index (κ1) is 17.3. The van der Waals surface area contributed by atoms with Gasteiger partial charge in [-0.25, -0.2) is 4.98 Å². The Kier molecular flexibility index (Phi) is 4.89. The monoisotopic (exact) mass is 374 g/mol. The van der Waals surface area contributed by atoms with Crippen LogP contribution in [-0.4, -0.2) is 26.2 Å². The Hall–Kier alpha value is -3.12. The zero-order valence-corrected chi connectivity index (χ0v) is 15.4. The Balaban J connectivity index is 1.52. The molecule has 0 saturated heterocycles. The lowest BCUT2D eigenvalue weighted by Crippen LogP contribution is -2.15. The van der Waals surface area contributed by atoms with E-state index >= 15 is 0 Å². The number of allylic oxidation sites excluding steroid dienone is 1. The van der Waals surface area contributed by atoms with E-state index in [1.165, 1.54) is 11.8 Å². The normalized spacial score (nSPS) is 11.0. The summed E-state index contributed by atoms with van der Waals surface area (Å²) in [7, 11) is 0. The van der Waals surface area contributed by atoms with Gasteiger partial charge in [0.15, 0.2) is 5.16 Å². The van der Waals surface area contributed by atoms with Gasteiger partial charge in [0.05, 0.1) is 28.0 Å². The molecule has 2 heterocycles. The van der Waals surface area contributed by atoms with E-state index in [1.54, 1.807) is 6.20 Å². The second kappa shape index (κ2) is 7.63. The summed E-state index contributed by atoms with van der Waals surface area (Å²) in [5.74, 6) is 0.200. The quantitative estimate of drug-likeness (QED) is 0.399. The number of amides is 1. The lowest BCUT2D eigenvalue weighted by Gasteiger charge is -2.09. The minimum Gasteiger partial charge on any atom is -0.325 e. The lowest BCUT2D eigenvalue weighted by atomic mass is 10.2. The molecule has 27 heavy (non-hydrogen) atoms. The topological polar surface area (TPSA) is 59.8 Å². The van der Waals surface area contributed by atoms with E-state index in [4.69, 9.17) is 0 Å². The average molecular weight is 374 g/mol. The molecular weight excluding hydrogens is 356 g/mol. The Morgan fingerprint density at radius 3 is 2.85 bits per heavy atom. The number of nitrogens with zero attached hydrogens (tertiary/aromatic N) is 3. The maximum Gasteiger partial charge on any atom is 0.234 e. The van der Waals surface area contributed by atoms with Crippen LogP contribution < -0.4 is 5.32 Å². The van der Waals surface area contributed by atoms with E-state index < -0.39 is 0 Å². The van der Waals surface area contributed by atoms with Crippen LogP contribution in [-0.2, 0) is 11.3 Å². The zero-order valence-electron chi connectivity index (χ0n) is 14.6. The summed E-state index contributed by atoms with van der Waals surface area (Å²) in [4.78, 5) is 21.5. The fourth-order valence-corrected chi connectivity index (χ4v) is 3.82. The molecule has 0 atom stereocenters. The highest BCUT2D eigenvalue weighted by molar-refractivity contribution is 7.99. The number of aromatic nitrogens is 3. The largest absolute Gasteiger partial charge is 0.325 e. The summed E-state index contributed by atoms with van der Waals surface area (Å²) in [6.45, 7) is 4.47. The molecular formula is C21H18N4OS. The molecule has 0 saturated carbocycles. The predicted octanol–water partition coefficient (Wildman–Crippen LogP) is 4.50. The first-order chi connectivity index (χ1) is 13.3. The zero-order chi connectivity index (χ0) is 18.6. The van der Waals surface area contributed by atoms with E-state index in [2.05, 4.69) is 26.4 Å². The van der Waals surface area contributed by atoms with Crippen molar-refractivity contribution in [3.63, 3.8) is 0 Å². The number of imidazole rings is 1. The third-order valence-electron chi connectivity index (χ3n) is 4.18. The van der Waals surface area contributed by atoms with Gasteiger partial charge in [0.25, 0.3) is 0 Å². The van der Waals surface area contributed by atoms with Crippen molar-refractivity contribution in [2.75, 3.05) is 11.1 Å². The van der Waals surface area contributed by atoms with Crippen molar-refractivity contribution < 1.29 is 4.79 Å². The molecule has 0 aliphatic heterocycles. The molecule has 0 bridgehead atoms. The Labute approximate surface area is 161 Å². The predicted molar refractivity (Wildman–Crippen MR) is 111 cm³/mol. The summed E-state index contributed by atoms with van der Waals surface area (Å²) in [6, 6.07) is 17.5. The molecule has 0 unspecified atom stereocenters. The molecule has 1 N–H and O–H groups in total. The maximum atomic E-state index is 12.5. The van der Waals surface area contributed by atoms with E-state index in [0.29, 0.717) is 6.54 Å². The Bertz CT molecular complexity index is 1130. The second-order valence-corrected chi connectivity index (χ2v) is 6.94.